The molecule has 0 N–H and O–H groups in total. The molecular weight excluding hydrogens is 166 g/mol. The molecule has 13 heavy (non-hydrogen) atoms. The number of carbonyl (C=O) groups is 1. The third kappa shape index (κ3) is 1.95. The molecule has 1 aliphatic carbocycles. The molecule has 0 aromatic heterocycles. The Labute approximate surface area is 79.0 Å². The van der Waals surface area contributed by atoms with Gasteiger partial charge in [0, 0.05) is 13.1 Å². The zero-order valence-corrected chi connectivity index (χ0v) is 8.16. The second-order valence-corrected chi connectivity index (χ2v) is 4.30. The van der Waals surface area contributed by atoms with Crippen LogP contribution in [0.5, 0.6) is 0 Å². The second-order valence-electron chi connectivity index (χ2n) is 4.30. The first-order valence-corrected chi connectivity index (χ1v) is 5.21. The summed E-state index contributed by atoms with van der Waals surface area (Å²) < 4.78 is 5.35. The van der Waals surface area contributed by atoms with Crippen LogP contribution in [0, 0.1) is 5.92 Å². The third-order valence-electron chi connectivity index (χ3n) is 2.89. The number of ether oxygens (including phenoxy) is 1. The highest BCUT2D eigenvalue weighted by Gasteiger charge is 2.30. The summed E-state index contributed by atoms with van der Waals surface area (Å²) in [5, 5.41) is 0. The van der Waals surface area contributed by atoms with Gasteiger partial charge in [-0.05, 0) is 31.6 Å². The van der Waals surface area contributed by atoms with Crippen LogP contribution < -0.4 is 0 Å². The van der Waals surface area contributed by atoms with Gasteiger partial charge in [0.25, 0.3) is 0 Å². The molecule has 2 fully saturated rings. The molecular formula is C10H17NO2. The molecule has 1 aliphatic heterocycles. The highest BCUT2D eigenvalue weighted by molar-refractivity contribution is 5.68. The molecule has 1 heterocycles. The van der Waals surface area contributed by atoms with Gasteiger partial charge in [-0.3, -0.25) is 0 Å². The Morgan fingerprint density at radius 3 is 2.46 bits per heavy atom. The highest BCUT2D eigenvalue weighted by atomic mass is 16.6. The van der Waals surface area contributed by atoms with Crippen molar-refractivity contribution in [3.05, 3.63) is 0 Å². The molecule has 2 rings (SSSR count). The van der Waals surface area contributed by atoms with Crippen LogP contribution in [-0.2, 0) is 4.74 Å². The number of carbonyl (C=O) groups excluding carboxylic acids is 1. The van der Waals surface area contributed by atoms with Gasteiger partial charge in [-0.2, -0.15) is 0 Å². The summed E-state index contributed by atoms with van der Waals surface area (Å²) in [7, 11) is 0. The number of amides is 1. The molecule has 0 spiro atoms. The minimum Gasteiger partial charge on any atom is -0.446 e. The van der Waals surface area contributed by atoms with Crippen molar-refractivity contribution in [3.63, 3.8) is 0 Å². The second kappa shape index (κ2) is 3.56. The molecule has 0 bridgehead atoms. The van der Waals surface area contributed by atoms with E-state index in [0.717, 1.165) is 25.9 Å². The Balaban J connectivity index is 1.72. The average molecular weight is 183 g/mol. The normalized spacial score (nSPS) is 24.5. The van der Waals surface area contributed by atoms with E-state index in [0.29, 0.717) is 5.92 Å². The van der Waals surface area contributed by atoms with Crippen LogP contribution >= 0.6 is 0 Å². The predicted octanol–water partition coefficient (Wildman–Crippen LogP) is 2.02. The van der Waals surface area contributed by atoms with Crippen molar-refractivity contribution < 1.29 is 9.53 Å². The third-order valence-corrected chi connectivity index (χ3v) is 2.89. The molecule has 1 saturated carbocycles. The van der Waals surface area contributed by atoms with E-state index in [-0.39, 0.29) is 12.2 Å². The van der Waals surface area contributed by atoms with E-state index in [1.165, 1.54) is 12.8 Å². The van der Waals surface area contributed by atoms with E-state index in [2.05, 4.69) is 6.92 Å². The summed E-state index contributed by atoms with van der Waals surface area (Å²) in [6.07, 6.45) is 4.68. The average Bonchev–Trinajstić information content (AvgIpc) is 2.51. The number of hydrogen-bond acceptors (Lipinski definition) is 2. The molecule has 0 unspecified atom stereocenters. The lowest BCUT2D eigenvalue weighted by Crippen LogP contribution is -2.49. The van der Waals surface area contributed by atoms with Crippen LogP contribution in [0.25, 0.3) is 0 Å². The fourth-order valence-corrected chi connectivity index (χ4v) is 2.07. The number of nitrogens with zero attached hydrogens (tertiary/aromatic N) is 1. The molecule has 0 radical (unpaired) electrons. The van der Waals surface area contributed by atoms with Gasteiger partial charge < -0.3 is 9.64 Å². The Bertz CT molecular complexity index is 193. The molecule has 0 aromatic rings. The van der Waals surface area contributed by atoms with Crippen LogP contribution in [-0.4, -0.2) is 30.2 Å². The van der Waals surface area contributed by atoms with Gasteiger partial charge in [-0.15, -0.1) is 0 Å². The van der Waals surface area contributed by atoms with Crippen LogP contribution in [0.4, 0.5) is 4.79 Å². The molecule has 0 atom stereocenters. The van der Waals surface area contributed by atoms with Crippen LogP contribution in [0.15, 0.2) is 0 Å². The summed E-state index contributed by atoms with van der Waals surface area (Å²) in [5.41, 5.74) is 0. The smallest absolute Gasteiger partial charge is 0.410 e. The van der Waals surface area contributed by atoms with Crippen molar-refractivity contribution in [2.45, 2.75) is 38.7 Å². The predicted molar refractivity (Wildman–Crippen MR) is 49.5 cm³/mol. The van der Waals surface area contributed by atoms with Gasteiger partial charge in [0.05, 0.1) is 0 Å². The Morgan fingerprint density at radius 1 is 1.31 bits per heavy atom. The van der Waals surface area contributed by atoms with Crippen molar-refractivity contribution in [2.24, 2.45) is 5.92 Å². The van der Waals surface area contributed by atoms with E-state index >= 15 is 0 Å². The number of hydrogen-bond donors (Lipinski definition) is 0. The quantitative estimate of drug-likeness (QED) is 0.622. The first-order chi connectivity index (χ1) is 6.25. The summed E-state index contributed by atoms with van der Waals surface area (Å²) in [6, 6.07) is 0. The molecule has 3 nitrogen and oxygen atoms in total. The van der Waals surface area contributed by atoms with E-state index in [1.807, 2.05) is 0 Å². The Kier molecular flexibility index (Phi) is 2.42. The van der Waals surface area contributed by atoms with E-state index in [1.54, 1.807) is 4.90 Å². The first kappa shape index (κ1) is 8.85. The fourth-order valence-electron chi connectivity index (χ4n) is 2.07. The lowest BCUT2D eigenvalue weighted by molar-refractivity contribution is 0.0326. The summed E-state index contributed by atoms with van der Waals surface area (Å²) >= 11 is 0. The van der Waals surface area contributed by atoms with Gasteiger partial charge in [0.15, 0.2) is 0 Å². The largest absolute Gasteiger partial charge is 0.446 e. The number of rotatable bonds is 1. The molecule has 0 aromatic carbocycles. The van der Waals surface area contributed by atoms with Gasteiger partial charge in [-0.1, -0.05) is 6.92 Å². The standard InChI is InChI=1S/C10H17NO2/c1-8-6-11(7-8)10(12)13-9-4-2-3-5-9/h8-9H,2-7H2,1H3. The van der Waals surface area contributed by atoms with Crippen LogP contribution in [0.1, 0.15) is 32.6 Å². The van der Waals surface area contributed by atoms with Crippen LogP contribution in [0.3, 0.4) is 0 Å². The minimum absolute atomic E-state index is 0.0926. The van der Waals surface area contributed by atoms with Gasteiger partial charge >= 0.3 is 6.09 Å². The fraction of sp³-hybridized carbons (Fsp3) is 0.900. The van der Waals surface area contributed by atoms with Crippen molar-refractivity contribution in [1.82, 2.24) is 4.90 Å². The van der Waals surface area contributed by atoms with E-state index in [9.17, 15) is 4.79 Å². The minimum atomic E-state index is -0.0926. The SMILES string of the molecule is CC1CN(C(=O)OC2CCCC2)C1. The zero-order chi connectivity index (χ0) is 9.26. The van der Waals surface area contributed by atoms with Crippen LogP contribution in [0.2, 0.25) is 0 Å². The van der Waals surface area contributed by atoms with E-state index < -0.39 is 0 Å². The maximum Gasteiger partial charge on any atom is 0.410 e. The Morgan fingerprint density at radius 2 is 1.92 bits per heavy atom. The highest BCUT2D eigenvalue weighted by Crippen LogP contribution is 2.23. The summed E-state index contributed by atoms with van der Waals surface area (Å²) in [4.78, 5) is 13.2. The zero-order valence-electron chi connectivity index (χ0n) is 8.16. The monoisotopic (exact) mass is 183 g/mol. The maximum atomic E-state index is 11.4. The topological polar surface area (TPSA) is 29.5 Å². The van der Waals surface area contributed by atoms with Crippen molar-refractivity contribution in [2.75, 3.05) is 13.1 Å². The summed E-state index contributed by atoms with van der Waals surface area (Å²) in [5.74, 6) is 0.663. The molecule has 1 amide bonds. The van der Waals surface area contributed by atoms with Gasteiger partial charge in [0.1, 0.15) is 6.10 Å². The Hall–Kier alpha value is -0.730. The molecule has 2 aliphatic rings. The van der Waals surface area contributed by atoms with Gasteiger partial charge in [-0.25, -0.2) is 4.79 Å². The van der Waals surface area contributed by atoms with Crippen molar-refractivity contribution >= 4 is 6.09 Å². The molecule has 3 heteroatoms. The maximum absolute atomic E-state index is 11.4. The van der Waals surface area contributed by atoms with Crippen molar-refractivity contribution in [1.29, 1.82) is 0 Å². The summed E-state index contributed by atoms with van der Waals surface area (Å²) in [6.45, 7) is 3.91. The molecule has 74 valence electrons. The molecule has 1 saturated heterocycles. The first-order valence-electron chi connectivity index (χ1n) is 5.21. The van der Waals surface area contributed by atoms with Crippen molar-refractivity contribution in [3.8, 4) is 0 Å². The number of likely N-dealkylation sites (tertiary alicyclic amines) is 1. The van der Waals surface area contributed by atoms with E-state index in [4.69, 9.17) is 4.74 Å². The lowest BCUT2D eigenvalue weighted by Gasteiger charge is -2.36. The van der Waals surface area contributed by atoms with Gasteiger partial charge in [0.2, 0.25) is 0 Å². The lowest BCUT2D eigenvalue weighted by atomic mass is 10.0.